The molecule has 32 heavy (non-hydrogen) atoms. The fourth-order valence-electron chi connectivity index (χ4n) is 7.41. The first-order valence-electron chi connectivity index (χ1n) is 12.3. The van der Waals surface area contributed by atoms with Gasteiger partial charge >= 0.3 is 0 Å². The summed E-state index contributed by atoms with van der Waals surface area (Å²) < 4.78 is 1.75. The molecule has 170 valence electrons. The summed E-state index contributed by atoms with van der Waals surface area (Å²) in [6.45, 7) is 2.38. The summed E-state index contributed by atoms with van der Waals surface area (Å²) in [5.41, 5.74) is 1.81. The minimum atomic E-state index is -0.192. The van der Waals surface area contributed by atoms with E-state index < -0.39 is 0 Å². The van der Waals surface area contributed by atoms with Crippen LogP contribution in [-0.4, -0.2) is 46.9 Å². The quantitative estimate of drug-likeness (QED) is 0.651. The van der Waals surface area contributed by atoms with Gasteiger partial charge in [-0.1, -0.05) is 6.07 Å². The van der Waals surface area contributed by atoms with Gasteiger partial charge in [-0.15, -0.1) is 0 Å². The second-order valence-corrected chi connectivity index (χ2v) is 10.9. The largest absolute Gasteiger partial charge is 0.350 e. The van der Waals surface area contributed by atoms with Crippen LogP contribution in [0.4, 0.5) is 0 Å². The highest BCUT2D eigenvalue weighted by atomic mass is 16.2. The Kier molecular flexibility index (Phi) is 4.97. The van der Waals surface area contributed by atoms with Crippen LogP contribution in [0.2, 0.25) is 0 Å². The van der Waals surface area contributed by atoms with Crippen LogP contribution in [-0.2, 0) is 0 Å². The fraction of sp³-hybridized carbons (Fsp3) is 0.640. The number of aromatic nitrogens is 2. The molecule has 1 saturated heterocycles. The maximum absolute atomic E-state index is 13.2. The first-order chi connectivity index (χ1) is 15.6. The summed E-state index contributed by atoms with van der Waals surface area (Å²) in [6, 6.07) is 5.83. The lowest BCUT2D eigenvalue weighted by Crippen LogP contribution is -2.51. The van der Waals surface area contributed by atoms with Gasteiger partial charge in [-0.2, -0.15) is 0 Å². The van der Waals surface area contributed by atoms with Crippen molar-refractivity contribution in [2.45, 2.75) is 57.4 Å². The molecule has 4 aliphatic carbocycles. The van der Waals surface area contributed by atoms with Gasteiger partial charge in [-0.3, -0.25) is 14.0 Å². The predicted molar refractivity (Wildman–Crippen MR) is 121 cm³/mol. The molecule has 7 heteroatoms. The fourth-order valence-corrected chi connectivity index (χ4v) is 7.41. The van der Waals surface area contributed by atoms with Crippen LogP contribution < -0.4 is 16.0 Å². The van der Waals surface area contributed by atoms with Crippen molar-refractivity contribution in [1.29, 1.82) is 0 Å². The minimum Gasteiger partial charge on any atom is -0.350 e. The normalized spacial score (nSPS) is 33.0. The number of rotatable bonds is 6. The highest BCUT2D eigenvalue weighted by Crippen LogP contribution is 2.59. The zero-order valence-electron chi connectivity index (χ0n) is 18.6. The van der Waals surface area contributed by atoms with Crippen LogP contribution >= 0.6 is 0 Å². The van der Waals surface area contributed by atoms with Gasteiger partial charge in [0.2, 0.25) is 0 Å². The number of imidazole rings is 1. The lowest BCUT2D eigenvalue weighted by molar-refractivity contribution is -0.0503. The summed E-state index contributed by atoms with van der Waals surface area (Å²) in [7, 11) is 0. The molecule has 2 aromatic rings. The first-order valence-corrected chi connectivity index (χ1v) is 12.3. The molecule has 1 atom stereocenters. The van der Waals surface area contributed by atoms with E-state index in [1.807, 2.05) is 18.2 Å². The van der Waals surface area contributed by atoms with Crippen LogP contribution in [0.5, 0.6) is 0 Å². The zero-order chi connectivity index (χ0) is 21.7. The molecule has 3 heterocycles. The SMILES string of the molecule is O=C(NCC1CCCN1)c1cn2c(C(=O)NCC34CC5CC(CC(C5)C3)C4)cccc2n1. The van der Waals surface area contributed by atoms with E-state index in [1.165, 1.54) is 38.5 Å². The van der Waals surface area contributed by atoms with E-state index in [-0.39, 0.29) is 11.8 Å². The van der Waals surface area contributed by atoms with Crippen molar-refractivity contribution >= 4 is 17.5 Å². The van der Waals surface area contributed by atoms with Crippen molar-refractivity contribution in [2.75, 3.05) is 19.6 Å². The molecule has 2 aromatic heterocycles. The molecular weight excluding hydrogens is 402 g/mol. The second kappa shape index (κ2) is 7.87. The first kappa shape index (κ1) is 20.2. The molecule has 0 radical (unpaired) electrons. The Bertz CT molecular complexity index is 1000. The molecule has 5 aliphatic rings. The number of carbonyl (C=O) groups is 2. The highest BCUT2D eigenvalue weighted by Gasteiger charge is 2.50. The zero-order valence-corrected chi connectivity index (χ0v) is 18.6. The topological polar surface area (TPSA) is 87.5 Å². The lowest BCUT2D eigenvalue weighted by atomic mass is 9.49. The molecule has 7 rings (SSSR count). The number of carbonyl (C=O) groups excluding carboxylic acids is 2. The molecule has 1 aliphatic heterocycles. The van der Waals surface area contributed by atoms with Crippen LogP contribution in [0.25, 0.3) is 5.65 Å². The number of fused-ring (bicyclic) bond motifs is 1. The number of hydrogen-bond donors (Lipinski definition) is 3. The van der Waals surface area contributed by atoms with E-state index in [0.717, 1.165) is 43.7 Å². The Hall–Kier alpha value is -2.41. The summed E-state index contributed by atoms with van der Waals surface area (Å²) in [6.07, 6.45) is 12.0. The van der Waals surface area contributed by atoms with Crippen LogP contribution in [0, 0.1) is 23.2 Å². The van der Waals surface area contributed by atoms with Gasteiger partial charge in [-0.05, 0) is 93.2 Å². The molecule has 4 saturated carbocycles. The van der Waals surface area contributed by atoms with Crippen LogP contribution in [0.15, 0.2) is 24.4 Å². The molecule has 5 fully saturated rings. The van der Waals surface area contributed by atoms with Gasteiger partial charge in [-0.25, -0.2) is 4.98 Å². The summed E-state index contributed by atoms with van der Waals surface area (Å²) in [5, 5.41) is 9.61. The third-order valence-corrected chi connectivity index (χ3v) is 8.42. The third-order valence-electron chi connectivity index (χ3n) is 8.42. The molecular formula is C25H33N5O2. The van der Waals surface area contributed by atoms with E-state index in [4.69, 9.17) is 0 Å². The average Bonchev–Trinajstić information content (AvgIpc) is 3.44. The maximum Gasteiger partial charge on any atom is 0.271 e. The molecule has 0 aromatic carbocycles. The van der Waals surface area contributed by atoms with Gasteiger partial charge in [0.25, 0.3) is 11.8 Å². The Balaban J connectivity index is 1.15. The van der Waals surface area contributed by atoms with Crippen LogP contribution in [0.1, 0.15) is 72.3 Å². The summed E-state index contributed by atoms with van der Waals surface area (Å²) >= 11 is 0. The van der Waals surface area contributed by atoms with Crippen molar-refractivity contribution in [1.82, 2.24) is 25.3 Å². The summed E-state index contributed by atoms with van der Waals surface area (Å²) in [4.78, 5) is 30.3. The lowest BCUT2D eigenvalue weighted by Gasteiger charge is -2.56. The predicted octanol–water partition coefficient (Wildman–Crippen LogP) is 2.76. The van der Waals surface area contributed by atoms with E-state index in [9.17, 15) is 9.59 Å². The summed E-state index contributed by atoms with van der Waals surface area (Å²) in [5.74, 6) is 2.34. The van der Waals surface area contributed by atoms with Crippen molar-refractivity contribution < 1.29 is 9.59 Å². The van der Waals surface area contributed by atoms with Gasteiger partial charge in [0, 0.05) is 25.3 Å². The van der Waals surface area contributed by atoms with Crippen molar-refractivity contribution in [2.24, 2.45) is 23.2 Å². The Morgan fingerprint density at radius 1 is 1.06 bits per heavy atom. The Labute approximate surface area is 188 Å². The average molecular weight is 436 g/mol. The second-order valence-electron chi connectivity index (χ2n) is 10.9. The Morgan fingerprint density at radius 2 is 1.81 bits per heavy atom. The standard InChI is InChI=1S/C25H33N5O2/c31-23(27-13-19-3-2-6-26-19)20-14-30-21(4-1-5-22(30)29-20)24(32)28-15-25-10-16-7-17(11-25)9-18(8-16)12-25/h1,4-5,14,16-19,26H,2-3,6-13,15H2,(H,27,31)(H,28,32). The molecule has 1 unspecified atom stereocenters. The molecule has 4 bridgehead atoms. The Morgan fingerprint density at radius 3 is 2.50 bits per heavy atom. The van der Waals surface area contributed by atoms with Crippen molar-refractivity contribution in [3.05, 3.63) is 35.8 Å². The molecule has 3 N–H and O–H groups in total. The van der Waals surface area contributed by atoms with E-state index in [1.54, 1.807) is 10.6 Å². The van der Waals surface area contributed by atoms with Crippen molar-refractivity contribution in [3.8, 4) is 0 Å². The monoisotopic (exact) mass is 435 g/mol. The molecule has 0 spiro atoms. The van der Waals surface area contributed by atoms with Gasteiger partial charge in [0.05, 0.1) is 0 Å². The number of amides is 2. The number of nitrogens with zero attached hydrogens (tertiary/aromatic N) is 2. The minimum absolute atomic E-state index is 0.0779. The number of nitrogens with one attached hydrogen (secondary N) is 3. The van der Waals surface area contributed by atoms with Crippen LogP contribution in [0.3, 0.4) is 0 Å². The highest BCUT2D eigenvalue weighted by molar-refractivity contribution is 5.95. The smallest absolute Gasteiger partial charge is 0.271 e. The van der Waals surface area contributed by atoms with Gasteiger partial charge < -0.3 is 16.0 Å². The number of pyridine rings is 1. The van der Waals surface area contributed by atoms with Gasteiger partial charge in [0.1, 0.15) is 17.0 Å². The molecule has 2 amide bonds. The van der Waals surface area contributed by atoms with E-state index in [0.29, 0.717) is 35.0 Å². The van der Waals surface area contributed by atoms with E-state index in [2.05, 4.69) is 20.9 Å². The maximum atomic E-state index is 13.2. The van der Waals surface area contributed by atoms with Crippen molar-refractivity contribution in [3.63, 3.8) is 0 Å². The van der Waals surface area contributed by atoms with Gasteiger partial charge in [0.15, 0.2) is 0 Å². The third kappa shape index (κ3) is 3.70. The van der Waals surface area contributed by atoms with E-state index >= 15 is 0 Å². The number of hydrogen-bond acceptors (Lipinski definition) is 4. The molecule has 7 nitrogen and oxygen atoms in total.